The number of aryl methyl sites for hydroxylation is 2. The molecule has 3 aromatic rings. The Bertz CT molecular complexity index is 1150. The third-order valence-corrected chi connectivity index (χ3v) is 5.32. The summed E-state index contributed by atoms with van der Waals surface area (Å²) in [5.41, 5.74) is 9.05. The topological polar surface area (TPSA) is 112 Å². The number of carbonyl (C=O) groups excluding carboxylic acids is 2. The number of hydrogen-bond donors (Lipinski definition) is 2. The molecule has 2 aromatic carbocycles. The first-order valence-electron chi connectivity index (χ1n) is 9.84. The number of benzene rings is 2. The number of rotatable bonds is 6. The van der Waals surface area contributed by atoms with Gasteiger partial charge in [-0.1, -0.05) is 30.3 Å². The molecular weight excluding hydrogens is 384 g/mol. The van der Waals surface area contributed by atoms with Crippen LogP contribution in [-0.2, 0) is 29.0 Å². The number of esters is 1. The molecule has 4 rings (SSSR count). The average Bonchev–Trinajstić information content (AvgIpc) is 3.17. The highest BCUT2D eigenvalue weighted by Crippen LogP contribution is 2.29. The van der Waals surface area contributed by atoms with Crippen molar-refractivity contribution in [3.63, 3.8) is 0 Å². The second kappa shape index (κ2) is 8.41. The molecule has 0 saturated carbocycles. The van der Waals surface area contributed by atoms with Crippen LogP contribution in [0.5, 0.6) is 0 Å². The first-order valence-corrected chi connectivity index (χ1v) is 9.84. The van der Waals surface area contributed by atoms with E-state index >= 15 is 0 Å². The molecule has 0 spiro atoms. The van der Waals surface area contributed by atoms with Gasteiger partial charge in [0.25, 0.3) is 0 Å². The number of nitrogens with two attached hydrogens (primary N) is 1. The summed E-state index contributed by atoms with van der Waals surface area (Å²) in [5, 5.41) is 3.34. The van der Waals surface area contributed by atoms with Gasteiger partial charge in [-0.2, -0.15) is 0 Å². The molecule has 3 N–H and O–H groups in total. The lowest BCUT2D eigenvalue weighted by molar-refractivity contribution is -0.145. The van der Waals surface area contributed by atoms with Crippen molar-refractivity contribution in [1.29, 1.82) is 0 Å². The SMILES string of the molecule is NC(=O)N[C@@H](CC(=O)OCc1cc(=O)oc2cc3c(cc12)CCC3)c1ccccc1. The summed E-state index contributed by atoms with van der Waals surface area (Å²) in [4.78, 5) is 35.8. The number of primary amides is 1. The number of amides is 2. The molecule has 0 saturated heterocycles. The van der Waals surface area contributed by atoms with Crippen LogP contribution >= 0.6 is 0 Å². The fourth-order valence-electron chi connectivity index (χ4n) is 3.91. The molecule has 7 heteroatoms. The normalized spacial score (nSPS) is 13.6. The predicted molar refractivity (Wildman–Crippen MR) is 111 cm³/mol. The average molecular weight is 406 g/mol. The van der Waals surface area contributed by atoms with Gasteiger partial charge in [0.1, 0.15) is 12.2 Å². The van der Waals surface area contributed by atoms with Crippen LogP contribution in [0.15, 0.2) is 57.7 Å². The standard InChI is InChI=1S/C23H22N2O5/c24-23(28)25-19(14-5-2-1-3-6-14)12-21(26)29-13-17-11-22(27)30-20-10-16-8-4-7-15(16)9-18(17)20/h1-3,5-6,9-11,19H,4,7-8,12-13H2,(H3,24,25,28)/t19-/m0/s1. The number of fused-ring (bicyclic) bond motifs is 2. The molecule has 30 heavy (non-hydrogen) atoms. The van der Waals surface area contributed by atoms with Crippen molar-refractivity contribution in [2.75, 3.05) is 0 Å². The van der Waals surface area contributed by atoms with Crippen LogP contribution in [0, 0.1) is 0 Å². The summed E-state index contributed by atoms with van der Waals surface area (Å²) in [5.74, 6) is -0.514. The van der Waals surface area contributed by atoms with Crippen LogP contribution in [-0.4, -0.2) is 12.0 Å². The van der Waals surface area contributed by atoms with Crippen LogP contribution in [0.4, 0.5) is 4.79 Å². The maximum Gasteiger partial charge on any atom is 0.336 e. The van der Waals surface area contributed by atoms with Gasteiger partial charge in [0.05, 0.1) is 12.5 Å². The summed E-state index contributed by atoms with van der Waals surface area (Å²) in [6, 6.07) is 13.0. The van der Waals surface area contributed by atoms with E-state index in [9.17, 15) is 14.4 Å². The fourth-order valence-corrected chi connectivity index (χ4v) is 3.91. The third-order valence-electron chi connectivity index (χ3n) is 5.32. The summed E-state index contributed by atoms with van der Waals surface area (Å²) in [6.45, 7) is -0.0577. The van der Waals surface area contributed by atoms with Crippen molar-refractivity contribution < 1.29 is 18.7 Å². The summed E-state index contributed by atoms with van der Waals surface area (Å²) in [6.07, 6.45) is 2.96. The van der Waals surface area contributed by atoms with Crippen molar-refractivity contribution in [3.8, 4) is 0 Å². The molecule has 1 aromatic heterocycles. The van der Waals surface area contributed by atoms with Crippen LogP contribution < -0.4 is 16.7 Å². The van der Waals surface area contributed by atoms with E-state index in [0.717, 1.165) is 30.2 Å². The van der Waals surface area contributed by atoms with Gasteiger partial charge in [-0.15, -0.1) is 0 Å². The molecule has 0 unspecified atom stereocenters. The Labute approximate surface area is 172 Å². The Morgan fingerprint density at radius 2 is 1.83 bits per heavy atom. The molecule has 0 aliphatic heterocycles. The molecule has 1 heterocycles. The molecule has 7 nitrogen and oxygen atoms in total. The zero-order valence-electron chi connectivity index (χ0n) is 16.4. The third kappa shape index (κ3) is 4.35. The second-order valence-electron chi connectivity index (χ2n) is 7.40. The van der Waals surface area contributed by atoms with Crippen LogP contribution in [0.2, 0.25) is 0 Å². The van der Waals surface area contributed by atoms with Crippen molar-refractivity contribution in [2.24, 2.45) is 5.73 Å². The number of ether oxygens (including phenoxy) is 1. The summed E-state index contributed by atoms with van der Waals surface area (Å²) >= 11 is 0. The number of hydrogen-bond acceptors (Lipinski definition) is 5. The summed E-state index contributed by atoms with van der Waals surface area (Å²) < 4.78 is 10.8. The number of nitrogens with one attached hydrogen (secondary N) is 1. The van der Waals surface area contributed by atoms with Crippen molar-refractivity contribution in [3.05, 3.63) is 81.2 Å². The monoisotopic (exact) mass is 406 g/mol. The Morgan fingerprint density at radius 3 is 2.57 bits per heavy atom. The molecule has 1 atom stereocenters. The van der Waals surface area contributed by atoms with Crippen LogP contribution in [0.3, 0.4) is 0 Å². The van der Waals surface area contributed by atoms with Crippen molar-refractivity contribution >= 4 is 23.0 Å². The summed E-state index contributed by atoms with van der Waals surface area (Å²) in [7, 11) is 0. The molecule has 0 bridgehead atoms. The van der Waals surface area contributed by atoms with E-state index in [0.29, 0.717) is 11.1 Å². The van der Waals surface area contributed by atoms with Gasteiger partial charge in [-0.05, 0) is 48.1 Å². The van der Waals surface area contributed by atoms with Crippen molar-refractivity contribution in [1.82, 2.24) is 5.32 Å². The largest absolute Gasteiger partial charge is 0.461 e. The van der Waals surface area contributed by atoms with Gasteiger partial charge in [0.15, 0.2) is 0 Å². The van der Waals surface area contributed by atoms with Gasteiger partial charge in [0, 0.05) is 17.0 Å². The molecule has 0 fully saturated rings. The highest BCUT2D eigenvalue weighted by atomic mass is 16.5. The Kier molecular flexibility index (Phi) is 5.52. The Hall–Kier alpha value is -3.61. The Morgan fingerprint density at radius 1 is 1.10 bits per heavy atom. The van der Waals surface area contributed by atoms with Crippen LogP contribution in [0.1, 0.15) is 41.1 Å². The first-order chi connectivity index (χ1) is 14.5. The van der Waals surface area contributed by atoms with E-state index in [2.05, 4.69) is 5.32 Å². The van der Waals surface area contributed by atoms with Crippen LogP contribution in [0.25, 0.3) is 11.0 Å². The number of carbonyl (C=O) groups is 2. The fraction of sp³-hybridized carbons (Fsp3) is 0.261. The quantitative estimate of drug-likeness (QED) is 0.483. The van der Waals surface area contributed by atoms with Gasteiger partial charge in [-0.25, -0.2) is 9.59 Å². The molecule has 154 valence electrons. The van der Waals surface area contributed by atoms with Gasteiger partial charge in [-0.3, -0.25) is 4.79 Å². The maximum absolute atomic E-state index is 12.5. The van der Waals surface area contributed by atoms with E-state index in [1.54, 1.807) is 12.1 Å². The molecule has 0 radical (unpaired) electrons. The molecule has 2 amide bonds. The minimum atomic E-state index is -0.725. The molecule has 1 aliphatic carbocycles. The van der Waals surface area contributed by atoms with Gasteiger partial charge < -0.3 is 20.2 Å². The highest BCUT2D eigenvalue weighted by Gasteiger charge is 2.20. The lowest BCUT2D eigenvalue weighted by Crippen LogP contribution is -2.34. The minimum absolute atomic E-state index is 0.0577. The predicted octanol–water partition coefficient (Wildman–Crippen LogP) is 3.12. The molecule has 1 aliphatic rings. The van der Waals surface area contributed by atoms with E-state index in [1.807, 2.05) is 30.3 Å². The van der Waals surface area contributed by atoms with E-state index in [1.165, 1.54) is 17.2 Å². The first kappa shape index (κ1) is 19.7. The maximum atomic E-state index is 12.5. The molecular formula is C23H22N2O5. The van der Waals surface area contributed by atoms with E-state index in [-0.39, 0.29) is 13.0 Å². The lowest BCUT2D eigenvalue weighted by atomic mass is 10.0. The van der Waals surface area contributed by atoms with Gasteiger partial charge in [0.2, 0.25) is 0 Å². The van der Waals surface area contributed by atoms with Gasteiger partial charge >= 0.3 is 17.6 Å². The lowest BCUT2D eigenvalue weighted by Gasteiger charge is -2.17. The highest BCUT2D eigenvalue weighted by molar-refractivity contribution is 5.82. The Balaban J connectivity index is 1.51. The zero-order valence-corrected chi connectivity index (χ0v) is 16.4. The minimum Gasteiger partial charge on any atom is -0.461 e. The second-order valence-corrected chi connectivity index (χ2v) is 7.40. The van der Waals surface area contributed by atoms with E-state index in [4.69, 9.17) is 14.9 Å². The zero-order chi connectivity index (χ0) is 21.1. The smallest absolute Gasteiger partial charge is 0.336 e. The van der Waals surface area contributed by atoms with E-state index < -0.39 is 23.7 Å². The van der Waals surface area contributed by atoms with Crippen molar-refractivity contribution in [2.45, 2.75) is 38.3 Å². The number of urea groups is 1.